The van der Waals surface area contributed by atoms with Crippen LogP contribution in [0.5, 0.6) is 0 Å². The van der Waals surface area contributed by atoms with Gasteiger partial charge in [-0.05, 0) is 49.6 Å². The van der Waals surface area contributed by atoms with E-state index >= 15 is 0 Å². The normalized spacial score (nSPS) is 15.3. The van der Waals surface area contributed by atoms with E-state index in [0.29, 0.717) is 18.7 Å². The van der Waals surface area contributed by atoms with Crippen molar-refractivity contribution in [2.45, 2.75) is 69.0 Å². The van der Waals surface area contributed by atoms with Crippen LogP contribution in [0.4, 0.5) is 0 Å². The topological polar surface area (TPSA) is 49.4 Å². The van der Waals surface area contributed by atoms with E-state index in [1.165, 1.54) is 6.42 Å². The fraction of sp³-hybridized carbons (Fsp3) is 0.440. The van der Waals surface area contributed by atoms with Gasteiger partial charge in [-0.1, -0.05) is 65.5 Å². The highest BCUT2D eigenvalue weighted by Crippen LogP contribution is 2.21. The maximum Gasteiger partial charge on any atom is 0.242 e. The minimum Gasteiger partial charge on any atom is -0.352 e. The molecule has 1 atom stereocenters. The second kappa shape index (κ2) is 12.3. The van der Waals surface area contributed by atoms with Crippen molar-refractivity contribution in [1.29, 1.82) is 0 Å². The van der Waals surface area contributed by atoms with Crippen LogP contribution in [0.2, 0.25) is 0 Å². The van der Waals surface area contributed by atoms with Gasteiger partial charge in [0.15, 0.2) is 0 Å². The Bertz CT molecular complexity index is 856. The third kappa shape index (κ3) is 7.69. The Morgan fingerprint density at radius 3 is 2.55 bits per heavy atom. The van der Waals surface area contributed by atoms with E-state index < -0.39 is 6.04 Å². The van der Waals surface area contributed by atoms with E-state index in [1.54, 1.807) is 16.7 Å². The molecule has 1 fully saturated rings. The molecule has 0 saturated heterocycles. The zero-order chi connectivity index (χ0) is 22.1. The molecule has 2 aromatic rings. The summed E-state index contributed by atoms with van der Waals surface area (Å²) in [4.78, 5) is 29.0. The van der Waals surface area contributed by atoms with Crippen LogP contribution < -0.4 is 5.32 Å². The Morgan fingerprint density at radius 1 is 1.10 bits per heavy atom. The number of rotatable bonds is 9. The van der Waals surface area contributed by atoms with Crippen LogP contribution in [-0.4, -0.2) is 34.6 Å². The molecule has 3 rings (SSSR count). The van der Waals surface area contributed by atoms with Crippen molar-refractivity contribution in [3.05, 3.63) is 64.6 Å². The summed E-state index contributed by atoms with van der Waals surface area (Å²) in [5.41, 5.74) is 1.01. The van der Waals surface area contributed by atoms with Crippen LogP contribution in [0.25, 0.3) is 0 Å². The molecular formula is C25H31BrN2O2S. The van der Waals surface area contributed by atoms with E-state index in [2.05, 4.69) is 33.4 Å². The monoisotopic (exact) mass is 502 g/mol. The standard InChI is InChI=1S/C25H31BrN2O2S/c1-19(25(30)27-22-11-4-2-5-12-22)28(18-20-9-8-10-21(26)17-20)24(29)15-16-31-23-13-6-3-7-14-23/h3,6-10,13-14,17,19,22H,2,4-5,11-12,15-16,18H2,1H3,(H,27,30)/t19-/m0/s1. The summed E-state index contributed by atoms with van der Waals surface area (Å²) in [7, 11) is 0. The minimum absolute atomic E-state index is 0.00898. The fourth-order valence-electron chi connectivity index (χ4n) is 3.90. The molecule has 2 amide bonds. The Kier molecular flexibility index (Phi) is 9.47. The largest absolute Gasteiger partial charge is 0.352 e. The number of amides is 2. The highest BCUT2D eigenvalue weighted by molar-refractivity contribution is 9.10. The molecule has 1 saturated carbocycles. The van der Waals surface area contributed by atoms with Crippen LogP contribution in [0.1, 0.15) is 51.0 Å². The van der Waals surface area contributed by atoms with Crippen molar-refractivity contribution in [2.75, 3.05) is 5.75 Å². The molecule has 6 heteroatoms. The molecule has 0 aromatic heterocycles. The summed E-state index contributed by atoms with van der Waals surface area (Å²) >= 11 is 5.17. The van der Waals surface area contributed by atoms with Crippen LogP contribution in [0.15, 0.2) is 64.0 Å². The van der Waals surface area contributed by atoms with Crippen LogP contribution in [0, 0.1) is 0 Å². The predicted octanol–water partition coefficient (Wildman–Crippen LogP) is 5.80. The van der Waals surface area contributed by atoms with Crippen LogP contribution in [-0.2, 0) is 16.1 Å². The third-order valence-electron chi connectivity index (χ3n) is 5.69. The number of hydrogen-bond acceptors (Lipinski definition) is 3. The molecule has 2 aromatic carbocycles. The molecule has 166 valence electrons. The highest BCUT2D eigenvalue weighted by atomic mass is 79.9. The number of thioether (sulfide) groups is 1. The molecule has 4 nitrogen and oxygen atoms in total. The lowest BCUT2D eigenvalue weighted by Gasteiger charge is -2.31. The van der Waals surface area contributed by atoms with Crippen molar-refractivity contribution in [3.8, 4) is 0 Å². The van der Waals surface area contributed by atoms with Gasteiger partial charge in [-0.3, -0.25) is 9.59 Å². The lowest BCUT2D eigenvalue weighted by atomic mass is 9.95. The average molecular weight is 504 g/mol. The van der Waals surface area contributed by atoms with Crippen LogP contribution in [0.3, 0.4) is 0 Å². The minimum atomic E-state index is -0.505. The molecular weight excluding hydrogens is 472 g/mol. The first kappa shape index (κ1) is 23.9. The molecule has 1 aliphatic carbocycles. The second-order valence-electron chi connectivity index (χ2n) is 8.08. The maximum absolute atomic E-state index is 13.2. The molecule has 1 N–H and O–H groups in total. The van der Waals surface area contributed by atoms with Crippen molar-refractivity contribution in [1.82, 2.24) is 10.2 Å². The number of nitrogens with zero attached hydrogens (tertiary/aromatic N) is 1. The second-order valence-corrected chi connectivity index (χ2v) is 10.2. The highest BCUT2D eigenvalue weighted by Gasteiger charge is 2.27. The van der Waals surface area contributed by atoms with Crippen molar-refractivity contribution in [3.63, 3.8) is 0 Å². The van der Waals surface area contributed by atoms with Gasteiger partial charge in [-0.2, -0.15) is 0 Å². The van der Waals surface area contributed by atoms with Gasteiger partial charge in [0.05, 0.1) is 0 Å². The number of carbonyl (C=O) groups excluding carboxylic acids is 2. The average Bonchev–Trinajstić information content (AvgIpc) is 2.78. The van der Waals surface area contributed by atoms with Crippen molar-refractivity contribution < 1.29 is 9.59 Å². The summed E-state index contributed by atoms with van der Waals surface area (Å²) in [5, 5.41) is 3.19. The van der Waals surface area contributed by atoms with E-state index in [0.717, 1.165) is 40.6 Å². The van der Waals surface area contributed by atoms with Crippen molar-refractivity contribution >= 4 is 39.5 Å². The number of hydrogen-bond donors (Lipinski definition) is 1. The quantitative estimate of drug-likeness (QED) is 0.441. The van der Waals surface area contributed by atoms with Gasteiger partial charge in [-0.15, -0.1) is 11.8 Å². The van der Waals surface area contributed by atoms with Gasteiger partial charge in [0, 0.05) is 34.1 Å². The first-order valence-electron chi connectivity index (χ1n) is 11.0. The molecule has 0 spiro atoms. The number of benzene rings is 2. The summed E-state index contributed by atoms with van der Waals surface area (Å²) < 4.78 is 0.969. The smallest absolute Gasteiger partial charge is 0.242 e. The number of nitrogens with one attached hydrogen (secondary N) is 1. The number of carbonyl (C=O) groups is 2. The summed E-state index contributed by atoms with van der Waals surface area (Å²) in [6.07, 6.45) is 6.04. The van der Waals surface area contributed by atoms with Gasteiger partial charge in [0.2, 0.25) is 11.8 Å². The van der Waals surface area contributed by atoms with Gasteiger partial charge < -0.3 is 10.2 Å². The first-order valence-corrected chi connectivity index (χ1v) is 12.8. The summed E-state index contributed by atoms with van der Waals surface area (Å²) in [5.74, 6) is 0.648. The molecule has 0 bridgehead atoms. The van der Waals surface area contributed by atoms with Crippen molar-refractivity contribution in [2.24, 2.45) is 0 Å². The zero-order valence-corrected chi connectivity index (χ0v) is 20.5. The Morgan fingerprint density at radius 2 is 1.84 bits per heavy atom. The Labute approximate surface area is 198 Å². The zero-order valence-electron chi connectivity index (χ0n) is 18.1. The maximum atomic E-state index is 13.2. The van der Waals surface area contributed by atoms with E-state index in [4.69, 9.17) is 0 Å². The van der Waals surface area contributed by atoms with Gasteiger partial charge in [-0.25, -0.2) is 0 Å². The fourth-order valence-corrected chi connectivity index (χ4v) is 5.21. The van der Waals surface area contributed by atoms with Gasteiger partial charge in [0.25, 0.3) is 0 Å². The molecule has 0 heterocycles. The summed E-state index contributed by atoms with van der Waals surface area (Å²) in [6, 6.07) is 17.7. The molecule has 0 radical (unpaired) electrons. The molecule has 1 aliphatic rings. The molecule has 31 heavy (non-hydrogen) atoms. The Hall–Kier alpha value is -1.79. The first-order chi connectivity index (χ1) is 15.0. The molecule has 0 unspecified atom stereocenters. The molecule has 0 aliphatic heterocycles. The van der Waals surface area contributed by atoms with E-state index in [1.807, 2.05) is 49.4 Å². The SMILES string of the molecule is C[C@@H](C(=O)NC1CCCCC1)N(Cc1cccc(Br)c1)C(=O)CCSc1ccccc1. The lowest BCUT2D eigenvalue weighted by molar-refractivity contribution is -0.140. The Balaban J connectivity index is 1.65. The summed E-state index contributed by atoms with van der Waals surface area (Å²) in [6.45, 7) is 2.27. The van der Waals surface area contributed by atoms with E-state index in [-0.39, 0.29) is 17.9 Å². The van der Waals surface area contributed by atoms with Gasteiger partial charge >= 0.3 is 0 Å². The third-order valence-corrected chi connectivity index (χ3v) is 7.20. The van der Waals surface area contributed by atoms with Gasteiger partial charge in [0.1, 0.15) is 6.04 Å². The van der Waals surface area contributed by atoms with E-state index in [9.17, 15) is 9.59 Å². The predicted molar refractivity (Wildman–Crippen MR) is 131 cm³/mol. The lowest BCUT2D eigenvalue weighted by Crippen LogP contribution is -2.50. The van der Waals surface area contributed by atoms with Crippen LogP contribution >= 0.6 is 27.7 Å². The number of halogens is 1.